The Morgan fingerprint density at radius 2 is 1.50 bits per heavy atom. The summed E-state index contributed by atoms with van der Waals surface area (Å²) >= 11 is 11.7. The average molecular weight is 306 g/mol. The maximum absolute atomic E-state index is 5.88. The zero-order valence-corrected chi connectivity index (χ0v) is 12.2. The zero-order chi connectivity index (χ0) is 14.4. The molecule has 2 aromatic carbocycles. The molecular weight excluding hydrogens is 293 g/mol. The van der Waals surface area contributed by atoms with Gasteiger partial charge in [0.1, 0.15) is 0 Å². The van der Waals surface area contributed by atoms with Gasteiger partial charge in [-0.15, -0.1) is 11.7 Å². The van der Waals surface area contributed by atoms with E-state index in [-0.39, 0.29) is 0 Å². The molecule has 0 N–H and O–H groups in total. The van der Waals surface area contributed by atoms with Crippen molar-refractivity contribution in [2.75, 3.05) is 11.6 Å². The minimum Gasteiger partial charge on any atom is -0.243 e. The number of anilines is 1. The third-order valence-electron chi connectivity index (χ3n) is 2.52. The first-order valence-electron chi connectivity index (χ1n) is 6.00. The summed E-state index contributed by atoms with van der Waals surface area (Å²) in [5.74, 6) is 0. The largest absolute Gasteiger partial charge is 0.243 e. The molecule has 0 aliphatic rings. The summed E-state index contributed by atoms with van der Waals surface area (Å²) in [5.41, 5.74) is 1.63. The quantitative estimate of drug-likeness (QED) is 0.396. The first-order valence-corrected chi connectivity index (χ1v) is 6.76. The van der Waals surface area contributed by atoms with Gasteiger partial charge < -0.3 is 0 Å². The van der Waals surface area contributed by atoms with Gasteiger partial charge in [0.05, 0.1) is 17.9 Å². The van der Waals surface area contributed by atoms with E-state index < -0.39 is 0 Å². The van der Waals surface area contributed by atoms with Gasteiger partial charge in [-0.05, 0) is 48.5 Å². The van der Waals surface area contributed by atoms with Crippen molar-refractivity contribution < 1.29 is 0 Å². The molecule has 0 bridgehead atoms. The summed E-state index contributed by atoms with van der Waals surface area (Å²) in [4.78, 5) is 0. The second-order valence-electron chi connectivity index (χ2n) is 4.01. The van der Waals surface area contributed by atoms with Crippen LogP contribution in [0.5, 0.6) is 0 Å². The van der Waals surface area contributed by atoms with Gasteiger partial charge in [0.2, 0.25) is 0 Å². The number of hydrogen-bond acceptors (Lipinski definition) is 2. The lowest BCUT2D eigenvalue weighted by Crippen LogP contribution is -2.14. The Kier molecular flexibility index (Phi) is 5.16. The van der Waals surface area contributed by atoms with Gasteiger partial charge in [-0.25, -0.2) is 5.01 Å². The van der Waals surface area contributed by atoms with E-state index in [0.717, 1.165) is 11.4 Å². The van der Waals surface area contributed by atoms with Crippen molar-refractivity contribution in [1.29, 1.82) is 0 Å². The first-order chi connectivity index (χ1) is 9.69. The van der Waals surface area contributed by atoms with E-state index in [1.165, 1.54) is 0 Å². The molecule has 2 rings (SSSR count). The summed E-state index contributed by atoms with van der Waals surface area (Å²) in [5, 5.41) is 11.5. The summed E-state index contributed by atoms with van der Waals surface area (Å²) < 4.78 is 0. The highest BCUT2D eigenvalue weighted by molar-refractivity contribution is 6.30. The number of benzene rings is 2. The third-order valence-corrected chi connectivity index (χ3v) is 3.03. The summed E-state index contributed by atoms with van der Waals surface area (Å²) in [6.45, 7) is 4.28. The second kappa shape index (κ2) is 7.08. The van der Waals surface area contributed by atoms with Crippen molar-refractivity contribution in [2.45, 2.75) is 0 Å². The molecule has 20 heavy (non-hydrogen) atoms. The summed E-state index contributed by atoms with van der Waals surface area (Å²) in [6, 6.07) is 14.5. The Labute approximate surface area is 128 Å². The average Bonchev–Trinajstić information content (AvgIpc) is 2.46. The van der Waals surface area contributed by atoms with Gasteiger partial charge in [0.25, 0.3) is 0 Å². The molecule has 0 saturated heterocycles. The van der Waals surface area contributed by atoms with Crippen molar-refractivity contribution in [3.8, 4) is 0 Å². The molecule has 0 unspecified atom stereocenters. The van der Waals surface area contributed by atoms with Gasteiger partial charge in [-0.2, -0.15) is 0 Å². The van der Waals surface area contributed by atoms with Crippen LogP contribution in [0.4, 0.5) is 11.4 Å². The molecule has 0 heterocycles. The molecule has 0 atom stereocenters. The van der Waals surface area contributed by atoms with Crippen molar-refractivity contribution in [3.05, 3.63) is 71.2 Å². The lowest BCUT2D eigenvalue weighted by atomic mass is 10.3. The maximum Gasteiger partial charge on any atom is 0.0875 e. The van der Waals surface area contributed by atoms with Gasteiger partial charge in [0.15, 0.2) is 0 Å². The van der Waals surface area contributed by atoms with Crippen LogP contribution in [-0.2, 0) is 0 Å². The van der Waals surface area contributed by atoms with Crippen LogP contribution in [0, 0.1) is 0 Å². The highest BCUT2D eigenvalue weighted by Gasteiger charge is 2.03. The van der Waals surface area contributed by atoms with E-state index in [2.05, 4.69) is 16.9 Å². The summed E-state index contributed by atoms with van der Waals surface area (Å²) in [7, 11) is 0. The van der Waals surface area contributed by atoms with Gasteiger partial charge in [-0.1, -0.05) is 34.5 Å². The molecule has 102 valence electrons. The number of halogens is 2. The van der Waals surface area contributed by atoms with Gasteiger partial charge in [0, 0.05) is 10.0 Å². The van der Waals surface area contributed by atoms with E-state index in [0.29, 0.717) is 16.6 Å². The minimum absolute atomic E-state index is 0.554. The molecule has 0 amide bonds. The highest BCUT2D eigenvalue weighted by Crippen LogP contribution is 2.21. The normalized spacial score (nSPS) is 10.7. The molecule has 0 aromatic heterocycles. The summed E-state index contributed by atoms with van der Waals surface area (Å²) in [6.07, 6.45) is 1.76. The van der Waals surface area contributed by atoms with Crippen LogP contribution in [0.25, 0.3) is 0 Å². The van der Waals surface area contributed by atoms with Crippen LogP contribution < -0.4 is 5.01 Å². The molecular formula is C15H13Cl2N3. The van der Waals surface area contributed by atoms with Crippen LogP contribution in [0.15, 0.2) is 71.5 Å². The second-order valence-corrected chi connectivity index (χ2v) is 4.89. The van der Waals surface area contributed by atoms with E-state index in [1.54, 1.807) is 35.4 Å². The topological polar surface area (TPSA) is 28.0 Å². The molecule has 0 radical (unpaired) electrons. The Morgan fingerprint density at radius 3 is 2.05 bits per heavy atom. The van der Waals surface area contributed by atoms with E-state index in [4.69, 9.17) is 23.2 Å². The van der Waals surface area contributed by atoms with Gasteiger partial charge >= 0.3 is 0 Å². The molecule has 0 spiro atoms. The van der Waals surface area contributed by atoms with Crippen molar-refractivity contribution in [2.24, 2.45) is 10.3 Å². The maximum atomic E-state index is 5.88. The molecule has 2 aromatic rings. The van der Waals surface area contributed by atoms with Crippen LogP contribution in [-0.4, -0.2) is 6.54 Å². The molecule has 0 saturated carbocycles. The van der Waals surface area contributed by atoms with E-state index >= 15 is 0 Å². The molecule has 0 fully saturated rings. The van der Waals surface area contributed by atoms with Crippen LogP contribution >= 0.6 is 23.2 Å². The molecule has 0 aliphatic carbocycles. The highest BCUT2D eigenvalue weighted by atomic mass is 35.5. The van der Waals surface area contributed by atoms with Crippen molar-refractivity contribution >= 4 is 34.6 Å². The molecule has 3 nitrogen and oxygen atoms in total. The minimum atomic E-state index is 0.554. The fourth-order valence-corrected chi connectivity index (χ4v) is 1.79. The smallest absolute Gasteiger partial charge is 0.0875 e. The Hall–Kier alpha value is -1.84. The van der Waals surface area contributed by atoms with Crippen LogP contribution in [0.1, 0.15) is 0 Å². The lowest BCUT2D eigenvalue weighted by Gasteiger charge is -2.15. The zero-order valence-electron chi connectivity index (χ0n) is 10.7. The Bertz CT molecular complexity index is 592. The Morgan fingerprint density at radius 1 is 0.950 bits per heavy atom. The van der Waals surface area contributed by atoms with Crippen LogP contribution in [0.3, 0.4) is 0 Å². The number of hydrogen-bond donors (Lipinski definition) is 0. The lowest BCUT2D eigenvalue weighted by molar-refractivity contribution is 0.870. The van der Waals surface area contributed by atoms with E-state index in [9.17, 15) is 0 Å². The van der Waals surface area contributed by atoms with Crippen molar-refractivity contribution in [1.82, 2.24) is 0 Å². The standard InChI is InChI=1S/C15H13Cl2N3/c1-2-11-20(15-9-5-13(17)6-10-15)19-18-14-7-3-12(16)4-8-14/h2-10H,1,11H2. The molecule has 5 heteroatoms. The number of nitrogens with zero attached hydrogens (tertiary/aromatic N) is 3. The predicted octanol–water partition coefficient (Wildman–Crippen LogP) is 5.68. The monoisotopic (exact) mass is 305 g/mol. The first kappa shape index (κ1) is 14.6. The van der Waals surface area contributed by atoms with E-state index in [1.807, 2.05) is 24.3 Å². The fourth-order valence-electron chi connectivity index (χ4n) is 1.54. The van der Waals surface area contributed by atoms with Crippen LogP contribution in [0.2, 0.25) is 10.0 Å². The SMILES string of the molecule is C=CCN(N=Nc1ccc(Cl)cc1)c1ccc(Cl)cc1. The predicted molar refractivity (Wildman–Crippen MR) is 85.0 cm³/mol. The third kappa shape index (κ3) is 4.08. The van der Waals surface area contributed by atoms with Crippen molar-refractivity contribution in [3.63, 3.8) is 0 Å². The van der Waals surface area contributed by atoms with Gasteiger partial charge in [-0.3, -0.25) is 0 Å². The fraction of sp³-hybridized carbons (Fsp3) is 0.0667. The Balaban J connectivity index is 2.18. The number of rotatable bonds is 5. The molecule has 0 aliphatic heterocycles.